The standard InChI is InChI=1S/C13H14N2O2S/c1-17-13(16)11-6-10(2-3-12(11)14)15-7-9-4-5-18-8-9/h2-6,8,15H,7,14H2,1H3. The van der Waals surface area contributed by atoms with Crippen LogP contribution < -0.4 is 11.1 Å². The summed E-state index contributed by atoms with van der Waals surface area (Å²) >= 11 is 1.65. The molecule has 0 saturated carbocycles. The Labute approximate surface area is 109 Å². The molecule has 0 spiro atoms. The lowest BCUT2D eigenvalue weighted by atomic mass is 10.1. The quantitative estimate of drug-likeness (QED) is 0.657. The maximum Gasteiger partial charge on any atom is 0.340 e. The van der Waals surface area contributed by atoms with Gasteiger partial charge in [0.1, 0.15) is 0 Å². The third-order valence-corrected chi connectivity index (χ3v) is 3.27. The van der Waals surface area contributed by atoms with Crippen molar-refractivity contribution in [1.82, 2.24) is 0 Å². The topological polar surface area (TPSA) is 64.3 Å². The summed E-state index contributed by atoms with van der Waals surface area (Å²) in [5, 5.41) is 7.34. The number of thiophene rings is 1. The van der Waals surface area contributed by atoms with Gasteiger partial charge in [-0.3, -0.25) is 0 Å². The van der Waals surface area contributed by atoms with Crippen LogP contribution in [0.2, 0.25) is 0 Å². The lowest BCUT2D eigenvalue weighted by molar-refractivity contribution is 0.0602. The van der Waals surface area contributed by atoms with Crippen LogP contribution in [0.1, 0.15) is 15.9 Å². The first-order chi connectivity index (χ1) is 8.70. The van der Waals surface area contributed by atoms with Gasteiger partial charge in [0.15, 0.2) is 0 Å². The molecule has 5 heteroatoms. The largest absolute Gasteiger partial charge is 0.465 e. The Morgan fingerprint density at radius 1 is 1.44 bits per heavy atom. The lowest BCUT2D eigenvalue weighted by Gasteiger charge is -2.09. The third kappa shape index (κ3) is 2.81. The molecule has 0 radical (unpaired) electrons. The van der Waals surface area contributed by atoms with E-state index in [9.17, 15) is 4.79 Å². The van der Waals surface area contributed by atoms with Crippen molar-refractivity contribution in [3.05, 3.63) is 46.2 Å². The van der Waals surface area contributed by atoms with E-state index in [1.54, 1.807) is 23.5 Å². The van der Waals surface area contributed by atoms with Gasteiger partial charge in [-0.1, -0.05) is 0 Å². The number of benzene rings is 1. The minimum atomic E-state index is -0.424. The molecule has 0 fully saturated rings. The number of hydrogen-bond donors (Lipinski definition) is 2. The Balaban J connectivity index is 2.12. The van der Waals surface area contributed by atoms with Crippen LogP contribution in [0.25, 0.3) is 0 Å². The fourth-order valence-corrected chi connectivity index (χ4v) is 2.22. The minimum Gasteiger partial charge on any atom is -0.465 e. The first-order valence-corrected chi connectivity index (χ1v) is 6.38. The predicted octanol–water partition coefficient (Wildman–Crippen LogP) is 2.73. The molecule has 0 unspecified atom stereocenters. The molecule has 0 aliphatic heterocycles. The van der Waals surface area contributed by atoms with Gasteiger partial charge in [0, 0.05) is 17.9 Å². The Morgan fingerprint density at radius 3 is 2.94 bits per heavy atom. The van der Waals surface area contributed by atoms with Crippen LogP contribution in [0, 0.1) is 0 Å². The van der Waals surface area contributed by atoms with Gasteiger partial charge in [-0.15, -0.1) is 0 Å². The van der Waals surface area contributed by atoms with E-state index in [1.807, 2.05) is 11.4 Å². The van der Waals surface area contributed by atoms with Crippen LogP contribution in [0.15, 0.2) is 35.0 Å². The first-order valence-electron chi connectivity index (χ1n) is 5.43. The second-order valence-electron chi connectivity index (χ2n) is 3.78. The van der Waals surface area contributed by atoms with Crippen molar-refractivity contribution in [3.63, 3.8) is 0 Å². The number of nitrogens with one attached hydrogen (secondary N) is 1. The molecule has 94 valence electrons. The number of anilines is 2. The van der Waals surface area contributed by atoms with Crippen LogP contribution in [-0.2, 0) is 11.3 Å². The summed E-state index contributed by atoms with van der Waals surface area (Å²) in [6.07, 6.45) is 0. The third-order valence-electron chi connectivity index (χ3n) is 2.54. The van der Waals surface area contributed by atoms with Crippen molar-refractivity contribution in [3.8, 4) is 0 Å². The Morgan fingerprint density at radius 2 is 2.28 bits per heavy atom. The molecule has 18 heavy (non-hydrogen) atoms. The van der Waals surface area contributed by atoms with E-state index in [0.29, 0.717) is 17.8 Å². The highest BCUT2D eigenvalue weighted by Gasteiger charge is 2.10. The van der Waals surface area contributed by atoms with Gasteiger partial charge in [0.2, 0.25) is 0 Å². The van der Waals surface area contributed by atoms with Crippen molar-refractivity contribution >= 4 is 28.7 Å². The molecule has 2 rings (SSSR count). The van der Waals surface area contributed by atoms with Gasteiger partial charge in [-0.05, 0) is 40.6 Å². The van der Waals surface area contributed by atoms with E-state index in [2.05, 4.69) is 21.5 Å². The van der Waals surface area contributed by atoms with E-state index in [-0.39, 0.29) is 0 Å². The normalized spacial score (nSPS) is 10.1. The number of ether oxygens (including phenoxy) is 1. The molecule has 0 atom stereocenters. The zero-order chi connectivity index (χ0) is 13.0. The maximum absolute atomic E-state index is 11.5. The fourth-order valence-electron chi connectivity index (χ4n) is 1.55. The summed E-state index contributed by atoms with van der Waals surface area (Å²) in [6.45, 7) is 0.716. The summed E-state index contributed by atoms with van der Waals surface area (Å²) in [4.78, 5) is 11.5. The van der Waals surface area contributed by atoms with Crippen LogP contribution in [-0.4, -0.2) is 13.1 Å². The van der Waals surface area contributed by atoms with Gasteiger partial charge in [0.05, 0.1) is 12.7 Å². The molecular formula is C13H14N2O2S. The van der Waals surface area contributed by atoms with Gasteiger partial charge in [-0.25, -0.2) is 4.79 Å². The highest BCUT2D eigenvalue weighted by molar-refractivity contribution is 7.07. The highest BCUT2D eigenvalue weighted by Crippen LogP contribution is 2.19. The van der Waals surface area contributed by atoms with Gasteiger partial charge in [-0.2, -0.15) is 11.3 Å². The number of nitrogen functional groups attached to an aromatic ring is 1. The van der Waals surface area contributed by atoms with Crippen molar-refractivity contribution < 1.29 is 9.53 Å². The van der Waals surface area contributed by atoms with Crippen molar-refractivity contribution in [2.24, 2.45) is 0 Å². The minimum absolute atomic E-state index is 0.382. The zero-order valence-electron chi connectivity index (χ0n) is 9.97. The van der Waals surface area contributed by atoms with Crippen LogP contribution in [0.4, 0.5) is 11.4 Å². The van der Waals surface area contributed by atoms with Gasteiger partial charge < -0.3 is 15.8 Å². The Bertz CT molecular complexity index is 538. The average Bonchev–Trinajstić information content (AvgIpc) is 2.90. The Kier molecular flexibility index (Phi) is 3.84. The molecule has 4 nitrogen and oxygen atoms in total. The summed E-state index contributed by atoms with van der Waals surface area (Å²) in [5.74, 6) is -0.424. The molecule has 0 saturated heterocycles. The van der Waals surface area contributed by atoms with Crippen LogP contribution in [0.5, 0.6) is 0 Å². The number of hydrogen-bond acceptors (Lipinski definition) is 5. The maximum atomic E-state index is 11.5. The fraction of sp³-hybridized carbons (Fsp3) is 0.154. The summed E-state index contributed by atoms with van der Waals surface area (Å²) in [5.41, 5.74) is 8.58. The van der Waals surface area contributed by atoms with Crippen LogP contribution >= 0.6 is 11.3 Å². The zero-order valence-corrected chi connectivity index (χ0v) is 10.8. The SMILES string of the molecule is COC(=O)c1cc(NCc2ccsc2)ccc1N. The molecule has 3 N–H and O–H groups in total. The molecule has 1 aromatic carbocycles. The van der Waals surface area contributed by atoms with Crippen LogP contribution in [0.3, 0.4) is 0 Å². The summed E-state index contributed by atoms with van der Waals surface area (Å²) < 4.78 is 4.68. The molecule has 1 aromatic heterocycles. The van der Waals surface area contributed by atoms with Crippen molar-refractivity contribution in [1.29, 1.82) is 0 Å². The van der Waals surface area contributed by atoms with E-state index in [0.717, 1.165) is 5.69 Å². The second kappa shape index (κ2) is 5.55. The average molecular weight is 262 g/mol. The van der Waals surface area contributed by atoms with Gasteiger partial charge in [0.25, 0.3) is 0 Å². The number of esters is 1. The van der Waals surface area contributed by atoms with Crippen molar-refractivity contribution in [2.45, 2.75) is 6.54 Å². The molecule has 1 heterocycles. The summed E-state index contributed by atoms with van der Waals surface area (Å²) in [7, 11) is 1.34. The number of nitrogens with two attached hydrogens (primary N) is 1. The highest BCUT2D eigenvalue weighted by atomic mass is 32.1. The monoisotopic (exact) mass is 262 g/mol. The molecule has 0 bridgehead atoms. The molecule has 0 amide bonds. The molecule has 0 aliphatic rings. The number of methoxy groups -OCH3 is 1. The van der Waals surface area contributed by atoms with Crippen molar-refractivity contribution in [2.75, 3.05) is 18.2 Å². The predicted molar refractivity (Wildman–Crippen MR) is 73.8 cm³/mol. The Hall–Kier alpha value is -2.01. The number of carbonyl (C=O) groups excluding carboxylic acids is 1. The first kappa shape index (κ1) is 12.4. The molecule has 2 aromatic rings. The smallest absolute Gasteiger partial charge is 0.340 e. The second-order valence-corrected chi connectivity index (χ2v) is 4.56. The van der Waals surface area contributed by atoms with E-state index >= 15 is 0 Å². The van der Waals surface area contributed by atoms with E-state index in [4.69, 9.17) is 5.73 Å². The molecule has 0 aliphatic carbocycles. The summed E-state index contributed by atoms with van der Waals surface area (Å²) in [6, 6.07) is 7.29. The lowest BCUT2D eigenvalue weighted by Crippen LogP contribution is -2.07. The number of carbonyl (C=O) groups is 1. The van der Waals surface area contributed by atoms with E-state index in [1.165, 1.54) is 12.7 Å². The van der Waals surface area contributed by atoms with Gasteiger partial charge >= 0.3 is 5.97 Å². The van der Waals surface area contributed by atoms with E-state index < -0.39 is 5.97 Å². The number of rotatable bonds is 4. The molecular weight excluding hydrogens is 248 g/mol.